The van der Waals surface area contributed by atoms with Crippen LogP contribution in [-0.2, 0) is 17.3 Å². The third kappa shape index (κ3) is 1.99. The maximum Gasteiger partial charge on any atom is 0.236 e. The van der Waals surface area contributed by atoms with Gasteiger partial charge in [-0.2, -0.15) is 5.10 Å². The average Bonchev–Trinajstić information content (AvgIpc) is 3.13. The Labute approximate surface area is 116 Å². The third-order valence-electron chi connectivity index (χ3n) is 3.82. The molecule has 0 spiro atoms. The van der Waals surface area contributed by atoms with Gasteiger partial charge in [-0.05, 0) is 25.8 Å². The second-order valence-electron chi connectivity index (χ2n) is 5.31. The number of rotatable bonds is 3. The van der Waals surface area contributed by atoms with Crippen LogP contribution in [0.3, 0.4) is 0 Å². The molecule has 0 saturated heterocycles. The first kappa shape index (κ1) is 12.8. The number of halogens is 1. The standard InChI is InChI=1S/C15H16FN3O/c1-10-9-13(19(2)18-10)17-14(20)15(7-8-15)11-5-3-4-6-12(11)16/h3-6,9H,7-8H2,1-2H3,(H,17,20). The van der Waals surface area contributed by atoms with Crippen molar-refractivity contribution in [1.29, 1.82) is 0 Å². The molecule has 0 bridgehead atoms. The zero-order valence-electron chi connectivity index (χ0n) is 11.5. The summed E-state index contributed by atoms with van der Waals surface area (Å²) in [5, 5.41) is 7.04. The Morgan fingerprint density at radius 2 is 2.10 bits per heavy atom. The van der Waals surface area contributed by atoms with Gasteiger partial charge in [0.05, 0.1) is 11.1 Å². The molecular formula is C15H16FN3O. The molecule has 20 heavy (non-hydrogen) atoms. The monoisotopic (exact) mass is 273 g/mol. The van der Waals surface area contributed by atoms with Crippen LogP contribution in [0.25, 0.3) is 0 Å². The Hall–Kier alpha value is -2.17. The van der Waals surface area contributed by atoms with Crippen molar-refractivity contribution in [2.75, 3.05) is 5.32 Å². The largest absolute Gasteiger partial charge is 0.310 e. The molecular weight excluding hydrogens is 257 g/mol. The van der Waals surface area contributed by atoms with E-state index in [1.165, 1.54) is 6.07 Å². The van der Waals surface area contributed by atoms with Crippen LogP contribution in [-0.4, -0.2) is 15.7 Å². The zero-order valence-corrected chi connectivity index (χ0v) is 11.5. The SMILES string of the molecule is Cc1cc(NC(=O)C2(c3ccccc3F)CC2)n(C)n1. The highest BCUT2D eigenvalue weighted by atomic mass is 19.1. The maximum atomic E-state index is 13.9. The smallest absolute Gasteiger partial charge is 0.236 e. The van der Waals surface area contributed by atoms with Gasteiger partial charge >= 0.3 is 0 Å². The van der Waals surface area contributed by atoms with Gasteiger partial charge in [-0.15, -0.1) is 0 Å². The van der Waals surface area contributed by atoms with E-state index in [2.05, 4.69) is 10.4 Å². The number of amides is 1. The van der Waals surface area contributed by atoms with Crippen molar-refractivity contribution >= 4 is 11.7 Å². The summed E-state index contributed by atoms with van der Waals surface area (Å²) in [4.78, 5) is 12.5. The lowest BCUT2D eigenvalue weighted by Gasteiger charge is -2.16. The zero-order chi connectivity index (χ0) is 14.3. The topological polar surface area (TPSA) is 46.9 Å². The van der Waals surface area contributed by atoms with Gasteiger partial charge in [-0.3, -0.25) is 9.48 Å². The molecule has 1 aromatic heterocycles. The van der Waals surface area contributed by atoms with E-state index in [4.69, 9.17) is 0 Å². The lowest BCUT2D eigenvalue weighted by molar-refractivity contribution is -0.118. The van der Waals surface area contributed by atoms with E-state index in [1.807, 2.05) is 6.92 Å². The van der Waals surface area contributed by atoms with E-state index < -0.39 is 5.41 Å². The summed E-state index contributed by atoms with van der Waals surface area (Å²) in [6.45, 7) is 1.86. The van der Waals surface area contributed by atoms with E-state index in [0.29, 0.717) is 24.2 Å². The quantitative estimate of drug-likeness (QED) is 0.934. The first-order valence-corrected chi connectivity index (χ1v) is 6.60. The predicted molar refractivity (Wildman–Crippen MR) is 73.9 cm³/mol. The molecule has 4 nitrogen and oxygen atoms in total. The van der Waals surface area contributed by atoms with Gasteiger partial charge in [0.15, 0.2) is 0 Å². The lowest BCUT2D eigenvalue weighted by Crippen LogP contribution is -2.29. The molecule has 3 rings (SSSR count). The van der Waals surface area contributed by atoms with Crippen LogP contribution >= 0.6 is 0 Å². The molecule has 1 aliphatic carbocycles. The van der Waals surface area contributed by atoms with Crippen molar-refractivity contribution < 1.29 is 9.18 Å². The highest BCUT2D eigenvalue weighted by molar-refractivity contribution is 6.01. The first-order chi connectivity index (χ1) is 9.53. The van der Waals surface area contributed by atoms with E-state index in [1.54, 1.807) is 36.0 Å². The summed E-state index contributed by atoms with van der Waals surface area (Å²) in [6.07, 6.45) is 1.35. The van der Waals surface area contributed by atoms with Gasteiger partial charge in [0, 0.05) is 18.7 Å². The normalized spacial score (nSPS) is 15.9. The molecule has 1 aromatic carbocycles. The number of nitrogens with zero attached hydrogens (tertiary/aromatic N) is 2. The molecule has 0 aliphatic heterocycles. The molecule has 104 valence electrons. The minimum absolute atomic E-state index is 0.161. The second kappa shape index (κ2) is 4.44. The van der Waals surface area contributed by atoms with E-state index in [-0.39, 0.29) is 11.7 Å². The Morgan fingerprint density at radius 3 is 2.65 bits per heavy atom. The number of hydrogen-bond donors (Lipinski definition) is 1. The summed E-state index contributed by atoms with van der Waals surface area (Å²) < 4.78 is 15.5. The van der Waals surface area contributed by atoms with Gasteiger partial charge in [-0.25, -0.2) is 4.39 Å². The lowest BCUT2D eigenvalue weighted by atomic mass is 9.94. The minimum atomic E-state index is -0.719. The molecule has 0 radical (unpaired) electrons. The number of aromatic nitrogens is 2. The fourth-order valence-corrected chi connectivity index (χ4v) is 2.56. The fraction of sp³-hybridized carbons (Fsp3) is 0.333. The molecule has 1 N–H and O–H groups in total. The molecule has 5 heteroatoms. The summed E-state index contributed by atoms with van der Waals surface area (Å²) in [7, 11) is 1.77. The Morgan fingerprint density at radius 1 is 1.40 bits per heavy atom. The van der Waals surface area contributed by atoms with E-state index in [0.717, 1.165) is 5.69 Å². The van der Waals surface area contributed by atoms with Crippen LogP contribution in [0, 0.1) is 12.7 Å². The molecule has 1 amide bonds. The van der Waals surface area contributed by atoms with Crippen molar-refractivity contribution in [1.82, 2.24) is 9.78 Å². The minimum Gasteiger partial charge on any atom is -0.310 e. The average molecular weight is 273 g/mol. The van der Waals surface area contributed by atoms with Crippen molar-refractivity contribution in [3.05, 3.63) is 47.4 Å². The highest BCUT2D eigenvalue weighted by Crippen LogP contribution is 2.49. The van der Waals surface area contributed by atoms with Crippen LogP contribution < -0.4 is 5.32 Å². The summed E-state index contributed by atoms with van der Waals surface area (Å²) in [5.74, 6) is 0.155. The Balaban J connectivity index is 1.88. The van der Waals surface area contributed by atoms with Crippen molar-refractivity contribution in [3.63, 3.8) is 0 Å². The van der Waals surface area contributed by atoms with Gasteiger partial charge in [-0.1, -0.05) is 18.2 Å². The first-order valence-electron chi connectivity index (χ1n) is 6.60. The maximum absolute atomic E-state index is 13.9. The van der Waals surface area contributed by atoms with Crippen molar-refractivity contribution in [2.24, 2.45) is 7.05 Å². The third-order valence-corrected chi connectivity index (χ3v) is 3.82. The molecule has 1 heterocycles. The van der Waals surface area contributed by atoms with Crippen LogP contribution in [0.5, 0.6) is 0 Å². The molecule has 0 unspecified atom stereocenters. The number of benzene rings is 1. The van der Waals surface area contributed by atoms with Gasteiger partial charge < -0.3 is 5.32 Å². The molecule has 0 atom stereocenters. The van der Waals surface area contributed by atoms with Gasteiger partial charge in [0.1, 0.15) is 11.6 Å². The number of anilines is 1. The number of carbonyl (C=O) groups is 1. The van der Waals surface area contributed by atoms with E-state index >= 15 is 0 Å². The Bertz CT molecular complexity index is 674. The van der Waals surface area contributed by atoms with Crippen molar-refractivity contribution in [3.8, 4) is 0 Å². The predicted octanol–water partition coefficient (Wildman–Crippen LogP) is 2.54. The number of hydrogen-bond acceptors (Lipinski definition) is 2. The summed E-state index contributed by atoms with van der Waals surface area (Å²) >= 11 is 0. The van der Waals surface area contributed by atoms with Crippen LogP contribution in [0.4, 0.5) is 10.2 Å². The summed E-state index contributed by atoms with van der Waals surface area (Å²) in [5.41, 5.74) is 0.596. The molecule has 2 aromatic rings. The van der Waals surface area contributed by atoms with Gasteiger partial charge in [0.25, 0.3) is 0 Å². The molecule has 1 fully saturated rings. The van der Waals surface area contributed by atoms with E-state index in [9.17, 15) is 9.18 Å². The molecule has 1 aliphatic rings. The molecule has 1 saturated carbocycles. The highest BCUT2D eigenvalue weighted by Gasteiger charge is 2.52. The van der Waals surface area contributed by atoms with Crippen LogP contribution in [0.2, 0.25) is 0 Å². The fourth-order valence-electron chi connectivity index (χ4n) is 2.56. The number of carbonyl (C=O) groups excluding carboxylic acids is 1. The summed E-state index contributed by atoms with van der Waals surface area (Å²) in [6, 6.07) is 8.29. The van der Waals surface area contributed by atoms with Gasteiger partial charge in [0.2, 0.25) is 5.91 Å². The van der Waals surface area contributed by atoms with Crippen LogP contribution in [0.1, 0.15) is 24.1 Å². The van der Waals surface area contributed by atoms with Crippen LogP contribution in [0.15, 0.2) is 30.3 Å². The number of aryl methyl sites for hydroxylation is 2. The number of nitrogens with one attached hydrogen (secondary N) is 1. The second-order valence-corrected chi connectivity index (χ2v) is 5.31. The Kier molecular flexibility index (Phi) is 2.85. The van der Waals surface area contributed by atoms with Crippen molar-refractivity contribution in [2.45, 2.75) is 25.2 Å².